The van der Waals surface area contributed by atoms with Gasteiger partial charge in [-0.3, -0.25) is 37.3 Å². The Morgan fingerprint density at radius 3 is 0.817 bits per heavy atom. The van der Waals surface area contributed by atoms with Crippen molar-refractivity contribution in [3.63, 3.8) is 0 Å². The summed E-state index contributed by atoms with van der Waals surface area (Å²) in [6.45, 7) is 11.9. The largest absolute Gasteiger partial charge is 0.472 e. The molecular weight excluding hydrogens is 1220 g/mol. The second kappa shape index (κ2) is 64.7. The second-order valence-electron chi connectivity index (χ2n) is 27.9. The molecule has 93 heavy (non-hydrogen) atoms. The van der Waals surface area contributed by atoms with Crippen LogP contribution in [0.1, 0.15) is 376 Å². The summed E-state index contributed by atoms with van der Waals surface area (Å²) in [7, 11) is -9.91. The van der Waals surface area contributed by atoms with Crippen molar-refractivity contribution in [1.82, 2.24) is 0 Å². The van der Waals surface area contributed by atoms with Gasteiger partial charge in [0.05, 0.1) is 26.4 Å². The summed E-state index contributed by atoms with van der Waals surface area (Å²) in [5, 5.41) is 10.6. The van der Waals surface area contributed by atoms with Crippen molar-refractivity contribution in [2.24, 2.45) is 17.8 Å². The third-order valence-corrected chi connectivity index (χ3v) is 19.4. The quantitative estimate of drug-likeness (QED) is 0.0222. The number of aliphatic hydroxyl groups excluding tert-OH is 1. The summed E-state index contributed by atoms with van der Waals surface area (Å²) in [5.41, 5.74) is 0. The highest BCUT2D eigenvalue weighted by Crippen LogP contribution is 2.45. The van der Waals surface area contributed by atoms with E-state index < -0.39 is 97.5 Å². The number of phosphoric ester groups is 2. The summed E-state index contributed by atoms with van der Waals surface area (Å²) < 4.78 is 68.4. The maximum absolute atomic E-state index is 13.1. The van der Waals surface area contributed by atoms with Gasteiger partial charge >= 0.3 is 39.5 Å². The van der Waals surface area contributed by atoms with Gasteiger partial charge in [-0.15, -0.1) is 0 Å². The number of ether oxygens (including phenoxy) is 4. The van der Waals surface area contributed by atoms with E-state index in [4.69, 9.17) is 37.0 Å². The van der Waals surface area contributed by atoms with Crippen molar-refractivity contribution >= 4 is 39.5 Å². The molecule has 0 radical (unpaired) electrons. The zero-order valence-electron chi connectivity index (χ0n) is 60.7. The van der Waals surface area contributed by atoms with Crippen LogP contribution in [0, 0.1) is 17.8 Å². The summed E-state index contributed by atoms with van der Waals surface area (Å²) >= 11 is 0. The van der Waals surface area contributed by atoms with Gasteiger partial charge in [-0.05, 0) is 43.4 Å². The molecule has 0 heterocycles. The van der Waals surface area contributed by atoms with Crippen molar-refractivity contribution in [3.05, 3.63) is 0 Å². The fourth-order valence-corrected chi connectivity index (χ4v) is 12.8. The minimum absolute atomic E-state index is 0.104. The Balaban J connectivity index is 5.24. The molecule has 0 spiro atoms. The zero-order chi connectivity index (χ0) is 68.7. The Bertz CT molecular complexity index is 1820. The van der Waals surface area contributed by atoms with Gasteiger partial charge in [0.15, 0.2) is 12.2 Å². The Morgan fingerprint density at radius 1 is 0.312 bits per heavy atom. The molecule has 0 aromatic rings. The van der Waals surface area contributed by atoms with Gasteiger partial charge in [0, 0.05) is 25.7 Å². The van der Waals surface area contributed by atoms with Gasteiger partial charge in [0.1, 0.15) is 19.3 Å². The van der Waals surface area contributed by atoms with Gasteiger partial charge in [0.2, 0.25) is 0 Å². The molecule has 19 heteroatoms. The molecule has 17 nitrogen and oxygen atoms in total. The van der Waals surface area contributed by atoms with Gasteiger partial charge < -0.3 is 33.8 Å². The molecule has 0 aromatic heterocycles. The number of hydrogen-bond acceptors (Lipinski definition) is 15. The molecule has 0 amide bonds. The molecule has 0 aliphatic carbocycles. The predicted octanol–water partition coefficient (Wildman–Crippen LogP) is 21.4. The van der Waals surface area contributed by atoms with Crippen LogP contribution in [-0.4, -0.2) is 96.7 Å². The molecule has 3 unspecified atom stereocenters. The number of aliphatic hydroxyl groups is 1. The van der Waals surface area contributed by atoms with E-state index in [1.54, 1.807) is 0 Å². The van der Waals surface area contributed by atoms with E-state index in [1.165, 1.54) is 186 Å². The lowest BCUT2D eigenvalue weighted by atomic mass is 9.99. The molecular formula is C74H144O17P2. The molecule has 552 valence electrons. The van der Waals surface area contributed by atoms with E-state index in [2.05, 4.69) is 48.5 Å². The normalized spacial score (nSPS) is 14.4. The van der Waals surface area contributed by atoms with E-state index in [-0.39, 0.29) is 25.7 Å². The average molecular weight is 1370 g/mol. The lowest BCUT2D eigenvalue weighted by Gasteiger charge is -2.21. The molecule has 0 aliphatic rings. The number of esters is 4. The van der Waals surface area contributed by atoms with Crippen molar-refractivity contribution in [2.75, 3.05) is 39.6 Å². The number of rotatable bonds is 72. The van der Waals surface area contributed by atoms with Crippen LogP contribution in [0.25, 0.3) is 0 Å². The lowest BCUT2D eigenvalue weighted by molar-refractivity contribution is -0.161. The fraction of sp³-hybridized carbons (Fsp3) is 0.946. The molecule has 0 saturated carbocycles. The topological polar surface area (TPSA) is 237 Å². The van der Waals surface area contributed by atoms with Crippen molar-refractivity contribution in [1.29, 1.82) is 0 Å². The van der Waals surface area contributed by atoms with Gasteiger partial charge in [-0.25, -0.2) is 9.13 Å². The van der Waals surface area contributed by atoms with E-state index in [0.717, 1.165) is 108 Å². The number of hydrogen-bond donors (Lipinski definition) is 3. The number of carbonyl (C=O) groups is 4. The standard InChI is InChI=1S/C74H144O17P2/c1-8-10-11-12-13-14-26-34-41-48-55-71(76)84-62-70(91-74(79)58-51-44-37-30-29-32-39-46-53-66(5)6)64-89-93(82,83)87-60-68(75)59-86-92(80,81)88-63-69(61-85-72(77)56-49-42-35-27-23-22-25-33-40-47-54-67(7)9-2)90-73(78)57-50-43-36-28-21-19-17-15-16-18-20-24-31-38-45-52-65(3)4/h65-70,75H,8-64H2,1-7H3,(H,80,81)(H,82,83)/t67?,68-,69-,70-/m1/s1. The summed E-state index contributed by atoms with van der Waals surface area (Å²) in [6, 6.07) is 0. The second-order valence-corrected chi connectivity index (χ2v) is 30.8. The van der Waals surface area contributed by atoms with E-state index >= 15 is 0 Å². The highest BCUT2D eigenvalue weighted by atomic mass is 31.2. The third kappa shape index (κ3) is 67.0. The maximum Gasteiger partial charge on any atom is 0.472 e. The van der Waals surface area contributed by atoms with Crippen LogP contribution >= 0.6 is 15.6 Å². The van der Waals surface area contributed by atoms with Crippen molar-refractivity contribution < 1.29 is 80.2 Å². The highest BCUT2D eigenvalue weighted by Gasteiger charge is 2.30. The molecule has 0 rings (SSSR count). The number of unbranched alkanes of at least 4 members (excludes halogenated alkanes) is 39. The number of carbonyl (C=O) groups excluding carboxylic acids is 4. The molecule has 0 aliphatic heterocycles. The van der Waals surface area contributed by atoms with E-state index in [0.29, 0.717) is 25.7 Å². The fourth-order valence-electron chi connectivity index (χ4n) is 11.2. The SMILES string of the molecule is CCCCCCCCCCCCC(=O)OC[C@H](COP(=O)(O)OC[C@H](O)COP(=O)(O)OC[C@@H](COC(=O)CCCCCCCCCCCCC(C)CC)OC(=O)CCCCCCCCCCCCCCCCCC(C)C)OC(=O)CCCCCCCCCCC(C)C. The Labute approximate surface area is 568 Å². The highest BCUT2D eigenvalue weighted by molar-refractivity contribution is 7.47. The van der Waals surface area contributed by atoms with Gasteiger partial charge in [-0.1, -0.05) is 325 Å². The molecule has 0 bridgehead atoms. The summed E-state index contributed by atoms with van der Waals surface area (Å²) in [6.07, 6.45) is 49.9. The van der Waals surface area contributed by atoms with Crippen LogP contribution in [-0.2, 0) is 65.4 Å². The monoisotopic (exact) mass is 1370 g/mol. The van der Waals surface area contributed by atoms with Crippen LogP contribution in [0.3, 0.4) is 0 Å². The van der Waals surface area contributed by atoms with E-state index in [9.17, 15) is 43.2 Å². The van der Waals surface area contributed by atoms with Gasteiger partial charge in [0.25, 0.3) is 0 Å². The molecule has 6 atom stereocenters. The van der Waals surface area contributed by atoms with Crippen LogP contribution in [0.4, 0.5) is 0 Å². The first-order valence-electron chi connectivity index (χ1n) is 38.4. The Hall–Kier alpha value is -1.94. The molecule has 3 N–H and O–H groups in total. The minimum Gasteiger partial charge on any atom is -0.462 e. The third-order valence-electron chi connectivity index (χ3n) is 17.5. The van der Waals surface area contributed by atoms with Gasteiger partial charge in [-0.2, -0.15) is 0 Å². The van der Waals surface area contributed by atoms with Crippen molar-refractivity contribution in [3.8, 4) is 0 Å². The maximum atomic E-state index is 13.1. The Morgan fingerprint density at radius 2 is 0.548 bits per heavy atom. The van der Waals surface area contributed by atoms with Crippen LogP contribution < -0.4 is 0 Å². The van der Waals surface area contributed by atoms with E-state index in [1.807, 2.05) is 0 Å². The average Bonchev–Trinajstić information content (AvgIpc) is 2.83. The smallest absolute Gasteiger partial charge is 0.462 e. The van der Waals surface area contributed by atoms with Crippen LogP contribution in [0.15, 0.2) is 0 Å². The molecule has 0 saturated heterocycles. The first kappa shape index (κ1) is 91.1. The first-order chi connectivity index (χ1) is 44.8. The Kier molecular flexibility index (Phi) is 63.4. The minimum atomic E-state index is -4.96. The van der Waals surface area contributed by atoms with Crippen LogP contribution in [0.2, 0.25) is 0 Å². The molecule has 0 aromatic carbocycles. The summed E-state index contributed by atoms with van der Waals surface area (Å²) in [5.74, 6) is 0.209. The zero-order valence-corrected chi connectivity index (χ0v) is 62.5. The lowest BCUT2D eigenvalue weighted by Crippen LogP contribution is -2.30. The summed E-state index contributed by atoms with van der Waals surface area (Å²) in [4.78, 5) is 72.7. The predicted molar refractivity (Wildman–Crippen MR) is 377 cm³/mol. The molecule has 0 fully saturated rings. The number of phosphoric acid groups is 2. The van der Waals surface area contributed by atoms with Crippen LogP contribution in [0.5, 0.6) is 0 Å². The van der Waals surface area contributed by atoms with Crippen molar-refractivity contribution in [2.45, 2.75) is 394 Å². The first-order valence-corrected chi connectivity index (χ1v) is 41.4.